The molecule has 0 amide bonds. The maximum atomic E-state index is 11.4. The van der Waals surface area contributed by atoms with Crippen LogP contribution in [0.1, 0.15) is 32.3 Å². The van der Waals surface area contributed by atoms with Gasteiger partial charge in [-0.25, -0.2) is 4.79 Å². The standard InChI is InChI=1S/C14H18O2/c1-4-5-8-12-9-6-7-10-13(12)16-14(15)11(2)3/h6-7,9-10H,2,4-5,8H2,1,3H3. The summed E-state index contributed by atoms with van der Waals surface area (Å²) in [5.74, 6) is 0.299. The van der Waals surface area contributed by atoms with Gasteiger partial charge in [-0.3, -0.25) is 0 Å². The Bertz CT molecular complexity index is 380. The first kappa shape index (κ1) is 12.5. The van der Waals surface area contributed by atoms with Crippen molar-refractivity contribution in [2.24, 2.45) is 0 Å². The van der Waals surface area contributed by atoms with Gasteiger partial charge in [0.1, 0.15) is 5.75 Å². The van der Waals surface area contributed by atoms with Crippen LogP contribution >= 0.6 is 0 Å². The second-order valence-corrected chi connectivity index (χ2v) is 3.88. The highest BCUT2D eigenvalue weighted by Gasteiger charge is 2.08. The highest BCUT2D eigenvalue weighted by Crippen LogP contribution is 2.20. The van der Waals surface area contributed by atoms with E-state index in [1.54, 1.807) is 6.92 Å². The third-order valence-corrected chi connectivity index (χ3v) is 2.32. The first-order chi connectivity index (χ1) is 7.65. The number of aryl methyl sites for hydroxylation is 1. The predicted molar refractivity (Wildman–Crippen MR) is 65.5 cm³/mol. The van der Waals surface area contributed by atoms with Gasteiger partial charge in [0.05, 0.1) is 0 Å². The Balaban J connectivity index is 2.78. The van der Waals surface area contributed by atoms with E-state index in [1.807, 2.05) is 24.3 Å². The lowest BCUT2D eigenvalue weighted by atomic mass is 10.1. The van der Waals surface area contributed by atoms with Crippen molar-refractivity contribution in [3.05, 3.63) is 42.0 Å². The number of hydrogen-bond acceptors (Lipinski definition) is 2. The Morgan fingerprint density at radius 3 is 2.69 bits per heavy atom. The molecule has 0 saturated carbocycles. The van der Waals surface area contributed by atoms with Gasteiger partial charge in [0.15, 0.2) is 0 Å². The lowest BCUT2D eigenvalue weighted by molar-refractivity contribution is -0.130. The normalized spacial score (nSPS) is 9.88. The van der Waals surface area contributed by atoms with Crippen molar-refractivity contribution in [2.45, 2.75) is 33.1 Å². The SMILES string of the molecule is C=C(C)C(=O)Oc1ccccc1CCCC. The van der Waals surface area contributed by atoms with Crippen LogP contribution < -0.4 is 4.74 Å². The second-order valence-electron chi connectivity index (χ2n) is 3.88. The minimum atomic E-state index is -0.357. The molecule has 1 aromatic rings. The van der Waals surface area contributed by atoms with Crippen LogP contribution in [0.3, 0.4) is 0 Å². The van der Waals surface area contributed by atoms with Crippen molar-refractivity contribution in [2.75, 3.05) is 0 Å². The Morgan fingerprint density at radius 1 is 1.38 bits per heavy atom. The molecule has 0 heterocycles. The van der Waals surface area contributed by atoms with Crippen molar-refractivity contribution in [3.63, 3.8) is 0 Å². The molecule has 0 aliphatic heterocycles. The van der Waals surface area contributed by atoms with E-state index in [2.05, 4.69) is 13.5 Å². The van der Waals surface area contributed by atoms with Crippen molar-refractivity contribution in [1.82, 2.24) is 0 Å². The monoisotopic (exact) mass is 218 g/mol. The van der Waals surface area contributed by atoms with E-state index in [4.69, 9.17) is 4.74 Å². The Kier molecular flexibility index (Phi) is 4.77. The van der Waals surface area contributed by atoms with Crippen LogP contribution in [-0.2, 0) is 11.2 Å². The molecule has 1 aromatic carbocycles. The number of benzene rings is 1. The van der Waals surface area contributed by atoms with Gasteiger partial charge in [0.2, 0.25) is 0 Å². The summed E-state index contributed by atoms with van der Waals surface area (Å²) in [6, 6.07) is 7.65. The molecule has 0 aliphatic rings. The molecule has 0 saturated heterocycles. The van der Waals surface area contributed by atoms with Gasteiger partial charge in [0, 0.05) is 5.57 Å². The van der Waals surface area contributed by atoms with E-state index in [9.17, 15) is 4.79 Å². The summed E-state index contributed by atoms with van der Waals surface area (Å²) in [6.07, 6.45) is 3.17. The summed E-state index contributed by atoms with van der Waals surface area (Å²) in [6.45, 7) is 7.36. The summed E-state index contributed by atoms with van der Waals surface area (Å²) in [5.41, 5.74) is 1.50. The molecular formula is C14H18O2. The lowest BCUT2D eigenvalue weighted by Gasteiger charge is -2.09. The minimum absolute atomic E-state index is 0.357. The topological polar surface area (TPSA) is 26.3 Å². The number of carbonyl (C=O) groups excluding carboxylic acids is 1. The molecule has 1 rings (SSSR count). The number of para-hydroxylation sites is 1. The molecule has 0 radical (unpaired) electrons. The molecule has 2 nitrogen and oxygen atoms in total. The van der Waals surface area contributed by atoms with Crippen LogP contribution in [0, 0.1) is 0 Å². The van der Waals surface area contributed by atoms with Crippen LogP contribution in [0.15, 0.2) is 36.4 Å². The van der Waals surface area contributed by atoms with E-state index < -0.39 is 0 Å². The summed E-state index contributed by atoms with van der Waals surface area (Å²) in [4.78, 5) is 11.4. The van der Waals surface area contributed by atoms with Gasteiger partial charge in [-0.1, -0.05) is 38.1 Å². The quantitative estimate of drug-likeness (QED) is 0.429. The molecule has 0 N–H and O–H groups in total. The van der Waals surface area contributed by atoms with Crippen molar-refractivity contribution >= 4 is 5.97 Å². The van der Waals surface area contributed by atoms with Gasteiger partial charge in [-0.15, -0.1) is 0 Å². The fourth-order valence-electron chi connectivity index (χ4n) is 1.36. The van der Waals surface area contributed by atoms with Crippen LogP contribution in [-0.4, -0.2) is 5.97 Å². The van der Waals surface area contributed by atoms with E-state index in [-0.39, 0.29) is 5.97 Å². The smallest absolute Gasteiger partial charge is 0.338 e. The van der Waals surface area contributed by atoms with Gasteiger partial charge < -0.3 is 4.74 Å². The molecule has 0 bridgehead atoms. The summed E-state index contributed by atoms with van der Waals surface area (Å²) < 4.78 is 5.27. The van der Waals surface area contributed by atoms with Crippen molar-refractivity contribution in [1.29, 1.82) is 0 Å². The van der Waals surface area contributed by atoms with Crippen LogP contribution in [0.5, 0.6) is 5.75 Å². The molecule has 0 unspecified atom stereocenters. The Labute approximate surface area is 96.9 Å². The molecule has 2 heteroatoms. The predicted octanol–water partition coefficient (Wildman–Crippen LogP) is 3.51. The Hall–Kier alpha value is -1.57. The summed E-state index contributed by atoms with van der Waals surface area (Å²) >= 11 is 0. The maximum absolute atomic E-state index is 11.4. The summed E-state index contributed by atoms with van der Waals surface area (Å²) in [7, 11) is 0. The molecule has 0 aromatic heterocycles. The molecule has 86 valence electrons. The first-order valence-corrected chi connectivity index (χ1v) is 5.60. The fourth-order valence-corrected chi connectivity index (χ4v) is 1.36. The number of hydrogen-bond donors (Lipinski definition) is 0. The van der Waals surface area contributed by atoms with Gasteiger partial charge in [-0.2, -0.15) is 0 Å². The molecular weight excluding hydrogens is 200 g/mol. The van der Waals surface area contributed by atoms with Crippen LogP contribution in [0.25, 0.3) is 0 Å². The number of ether oxygens (including phenoxy) is 1. The minimum Gasteiger partial charge on any atom is -0.423 e. The zero-order valence-electron chi connectivity index (χ0n) is 9.95. The number of esters is 1. The summed E-state index contributed by atoms with van der Waals surface area (Å²) in [5, 5.41) is 0. The molecule has 0 fully saturated rings. The van der Waals surface area contributed by atoms with E-state index >= 15 is 0 Å². The lowest BCUT2D eigenvalue weighted by Crippen LogP contribution is -2.09. The number of rotatable bonds is 5. The zero-order valence-corrected chi connectivity index (χ0v) is 9.95. The molecule has 16 heavy (non-hydrogen) atoms. The average Bonchev–Trinajstić information content (AvgIpc) is 2.27. The van der Waals surface area contributed by atoms with Gasteiger partial charge >= 0.3 is 5.97 Å². The third kappa shape index (κ3) is 3.54. The molecule has 0 aliphatic carbocycles. The Morgan fingerprint density at radius 2 is 2.06 bits per heavy atom. The van der Waals surface area contributed by atoms with Crippen LogP contribution in [0.4, 0.5) is 0 Å². The highest BCUT2D eigenvalue weighted by molar-refractivity contribution is 5.88. The van der Waals surface area contributed by atoms with E-state index in [1.165, 1.54) is 0 Å². The highest BCUT2D eigenvalue weighted by atomic mass is 16.5. The van der Waals surface area contributed by atoms with E-state index in [0.29, 0.717) is 11.3 Å². The van der Waals surface area contributed by atoms with Crippen LogP contribution in [0.2, 0.25) is 0 Å². The molecule has 0 spiro atoms. The number of unbranched alkanes of at least 4 members (excludes halogenated alkanes) is 1. The second kappa shape index (κ2) is 6.11. The van der Waals surface area contributed by atoms with E-state index in [0.717, 1.165) is 24.8 Å². The molecule has 0 atom stereocenters. The van der Waals surface area contributed by atoms with Gasteiger partial charge in [0.25, 0.3) is 0 Å². The average molecular weight is 218 g/mol. The zero-order chi connectivity index (χ0) is 12.0. The third-order valence-electron chi connectivity index (χ3n) is 2.32. The fraction of sp³-hybridized carbons (Fsp3) is 0.357. The van der Waals surface area contributed by atoms with Gasteiger partial charge in [-0.05, 0) is 31.4 Å². The maximum Gasteiger partial charge on any atom is 0.338 e. The number of carbonyl (C=O) groups is 1. The largest absolute Gasteiger partial charge is 0.423 e. The van der Waals surface area contributed by atoms with Crippen molar-refractivity contribution in [3.8, 4) is 5.75 Å². The van der Waals surface area contributed by atoms with Crippen molar-refractivity contribution < 1.29 is 9.53 Å². The first-order valence-electron chi connectivity index (χ1n) is 5.60.